The molecule has 13 heavy (non-hydrogen) atoms. The Balaban J connectivity index is 2.59. The summed E-state index contributed by atoms with van der Waals surface area (Å²) in [5, 5.41) is 20.9. The first-order valence-electron chi connectivity index (χ1n) is 4.03. The van der Waals surface area contributed by atoms with Gasteiger partial charge in [0, 0.05) is 23.1 Å². The van der Waals surface area contributed by atoms with Crippen molar-refractivity contribution in [1.82, 2.24) is 5.32 Å². The van der Waals surface area contributed by atoms with E-state index < -0.39 is 0 Å². The van der Waals surface area contributed by atoms with Crippen LogP contribution in [0.2, 0.25) is 0 Å². The topological polar surface area (TPSA) is 52.5 Å². The van der Waals surface area contributed by atoms with Gasteiger partial charge in [-0.15, -0.1) is 0 Å². The molecule has 4 heteroatoms. The van der Waals surface area contributed by atoms with Gasteiger partial charge in [-0.25, -0.2) is 0 Å². The van der Waals surface area contributed by atoms with E-state index in [-0.39, 0.29) is 12.4 Å². The summed E-state index contributed by atoms with van der Waals surface area (Å²) in [6.45, 7) is 1.20. The van der Waals surface area contributed by atoms with Crippen LogP contribution in [-0.2, 0) is 6.54 Å². The van der Waals surface area contributed by atoms with E-state index in [1.807, 2.05) is 6.07 Å². The summed E-state index contributed by atoms with van der Waals surface area (Å²) < 4.78 is 0.936. The first kappa shape index (κ1) is 10.5. The normalized spacial score (nSPS) is 10.3. The second kappa shape index (κ2) is 5.21. The van der Waals surface area contributed by atoms with Crippen molar-refractivity contribution in [1.29, 1.82) is 0 Å². The fourth-order valence-corrected chi connectivity index (χ4v) is 1.41. The highest BCUT2D eigenvalue weighted by molar-refractivity contribution is 9.10. The molecule has 0 radical (unpaired) electrons. The lowest BCUT2D eigenvalue weighted by Gasteiger charge is -2.05. The van der Waals surface area contributed by atoms with Gasteiger partial charge in [-0.1, -0.05) is 15.9 Å². The molecule has 0 aliphatic rings. The SMILES string of the molecule is OCCNCc1cc(Br)ccc1O. The molecule has 0 unspecified atom stereocenters. The second-order valence-electron chi connectivity index (χ2n) is 2.67. The highest BCUT2D eigenvalue weighted by Crippen LogP contribution is 2.21. The molecular weight excluding hydrogens is 234 g/mol. The van der Waals surface area contributed by atoms with E-state index in [0.717, 1.165) is 10.0 Å². The molecule has 0 aliphatic carbocycles. The first-order valence-corrected chi connectivity index (χ1v) is 4.82. The van der Waals surface area contributed by atoms with Gasteiger partial charge in [0.2, 0.25) is 0 Å². The minimum Gasteiger partial charge on any atom is -0.508 e. The Hall–Kier alpha value is -0.580. The van der Waals surface area contributed by atoms with Crippen LogP contribution in [0.1, 0.15) is 5.56 Å². The van der Waals surface area contributed by atoms with Crippen LogP contribution >= 0.6 is 15.9 Å². The van der Waals surface area contributed by atoms with E-state index in [0.29, 0.717) is 13.1 Å². The van der Waals surface area contributed by atoms with Crippen LogP contribution in [0, 0.1) is 0 Å². The minimum absolute atomic E-state index is 0.106. The molecule has 3 N–H and O–H groups in total. The predicted molar refractivity (Wildman–Crippen MR) is 54.6 cm³/mol. The van der Waals surface area contributed by atoms with Crippen LogP contribution in [0.5, 0.6) is 5.75 Å². The molecule has 1 rings (SSSR count). The zero-order chi connectivity index (χ0) is 9.68. The number of hydrogen-bond donors (Lipinski definition) is 3. The zero-order valence-electron chi connectivity index (χ0n) is 7.13. The Kier molecular flexibility index (Phi) is 4.21. The first-order chi connectivity index (χ1) is 6.24. The lowest BCUT2D eigenvalue weighted by Crippen LogP contribution is -2.17. The van der Waals surface area contributed by atoms with Gasteiger partial charge in [-0.3, -0.25) is 0 Å². The van der Waals surface area contributed by atoms with Gasteiger partial charge >= 0.3 is 0 Å². The lowest BCUT2D eigenvalue weighted by atomic mass is 10.2. The number of nitrogens with one attached hydrogen (secondary N) is 1. The van der Waals surface area contributed by atoms with E-state index in [1.165, 1.54) is 0 Å². The number of halogens is 1. The largest absolute Gasteiger partial charge is 0.508 e. The molecule has 0 spiro atoms. The highest BCUT2D eigenvalue weighted by Gasteiger charge is 2.00. The Morgan fingerprint density at radius 2 is 2.15 bits per heavy atom. The van der Waals surface area contributed by atoms with Gasteiger partial charge in [0.05, 0.1) is 6.61 Å². The molecule has 0 atom stereocenters. The van der Waals surface area contributed by atoms with Gasteiger partial charge in [0.15, 0.2) is 0 Å². The van der Waals surface area contributed by atoms with Crippen LogP contribution in [0.15, 0.2) is 22.7 Å². The lowest BCUT2D eigenvalue weighted by molar-refractivity contribution is 0.291. The average molecular weight is 246 g/mol. The summed E-state index contributed by atoms with van der Waals surface area (Å²) in [5.74, 6) is 0.272. The Morgan fingerprint density at radius 3 is 2.85 bits per heavy atom. The van der Waals surface area contributed by atoms with Crippen molar-refractivity contribution in [3.05, 3.63) is 28.2 Å². The third-order valence-electron chi connectivity index (χ3n) is 1.65. The number of hydrogen-bond acceptors (Lipinski definition) is 3. The number of aromatic hydroxyl groups is 1. The maximum absolute atomic E-state index is 9.41. The molecule has 0 heterocycles. The number of aliphatic hydroxyl groups is 1. The molecule has 0 bridgehead atoms. The van der Waals surface area contributed by atoms with Crippen LogP contribution in [0.3, 0.4) is 0 Å². The van der Waals surface area contributed by atoms with Gasteiger partial charge in [0.1, 0.15) is 5.75 Å². The third kappa shape index (κ3) is 3.34. The van der Waals surface area contributed by atoms with Crippen molar-refractivity contribution < 1.29 is 10.2 Å². The van der Waals surface area contributed by atoms with Gasteiger partial charge in [-0.2, -0.15) is 0 Å². The third-order valence-corrected chi connectivity index (χ3v) is 2.14. The van der Waals surface area contributed by atoms with Crippen LogP contribution < -0.4 is 5.32 Å². The van der Waals surface area contributed by atoms with E-state index in [1.54, 1.807) is 12.1 Å². The highest BCUT2D eigenvalue weighted by atomic mass is 79.9. The Labute approximate surface area is 85.5 Å². The molecule has 0 aromatic heterocycles. The van der Waals surface area contributed by atoms with E-state index in [2.05, 4.69) is 21.2 Å². The molecule has 72 valence electrons. The van der Waals surface area contributed by atoms with Crippen molar-refractivity contribution in [3.63, 3.8) is 0 Å². The van der Waals surface area contributed by atoms with Crippen LogP contribution in [-0.4, -0.2) is 23.4 Å². The van der Waals surface area contributed by atoms with E-state index >= 15 is 0 Å². The van der Waals surface area contributed by atoms with Crippen molar-refractivity contribution in [2.45, 2.75) is 6.54 Å². The fourth-order valence-electron chi connectivity index (χ4n) is 0.998. The molecule has 0 amide bonds. The summed E-state index contributed by atoms with van der Waals surface area (Å²) in [5.41, 5.74) is 0.822. The molecule has 0 aliphatic heterocycles. The smallest absolute Gasteiger partial charge is 0.120 e. The van der Waals surface area contributed by atoms with E-state index in [4.69, 9.17) is 5.11 Å². The Morgan fingerprint density at radius 1 is 1.38 bits per heavy atom. The number of phenols is 1. The van der Waals surface area contributed by atoms with Crippen molar-refractivity contribution in [2.75, 3.05) is 13.2 Å². The summed E-state index contributed by atoms with van der Waals surface area (Å²) in [6, 6.07) is 5.27. The number of aliphatic hydroxyl groups excluding tert-OH is 1. The van der Waals surface area contributed by atoms with Gasteiger partial charge in [-0.05, 0) is 18.2 Å². The fraction of sp³-hybridized carbons (Fsp3) is 0.333. The zero-order valence-corrected chi connectivity index (χ0v) is 8.71. The van der Waals surface area contributed by atoms with Gasteiger partial charge in [0.25, 0.3) is 0 Å². The monoisotopic (exact) mass is 245 g/mol. The quantitative estimate of drug-likeness (QED) is 0.700. The maximum Gasteiger partial charge on any atom is 0.120 e. The number of phenolic OH excluding ortho intramolecular Hbond substituents is 1. The maximum atomic E-state index is 9.41. The molecule has 0 saturated carbocycles. The predicted octanol–water partition coefficient (Wildman–Crippen LogP) is 1.24. The minimum atomic E-state index is 0.106. The van der Waals surface area contributed by atoms with Crippen molar-refractivity contribution >= 4 is 15.9 Å². The molecule has 1 aromatic carbocycles. The van der Waals surface area contributed by atoms with E-state index in [9.17, 15) is 5.11 Å². The molecule has 0 saturated heterocycles. The number of rotatable bonds is 4. The molecule has 0 fully saturated rings. The summed E-state index contributed by atoms with van der Waals surface area (Å²) >= 11 is 3.32. The Bertz CT molecular complexity index is 278. The van der Waals surface area contributed by atoms with Crippen molar-refractivity contribution in [2.24, 2.45) is 0 Å². The molecule has 1 aromatic rings. The summed E-state index contributed by atoms with van der Waals surface area (Å²) in [7, 11) is 0. The van der Waals surface area contributed by atoms with Crippen LogP contribution in [0.4, 0.5) is 0 Å². The second-order valence-corrected chi connectivity index (χ2v) is 3.59. The number of benzene rings is 1. The average Bonchev–Trinajstić information content (AvgIpc) is 2.11. The van der Waals surface area contributed by atoms with Gasteiger partial charge < -0.3 is 15.5 Å². The molecule has 3 nitrogen and oxygen atoms in total. The molecular formula is C9H12BrNO2. The summed E-state index contributed by atoms with van der Waals surface area (Å²) in [6.07, 6.45) is 0. The standard InChI is InChI=1S/C9H12BrNO2/c10-8-1-2-9(13)7(5-8)6-11-3-4-12/h1-2,5,11-13H,3-4,6H2. The van der Waals surface area contributed by atoms with Crippen LogP contribution in [0.25, 0.3) is 0 Å². The summed E-state index contributed by atoms with van der Waals surface area (Å²) in [4.78, 5) is 0. The van der Waals surface area contributed by atoms with Crippen molar-refractivity contribution in [3.8, 4) is 5.75 Å².